The Kier molecular flexibility index (Phi) is 7.89. The third-order valence-corrected chi connectivity index (χ3v) is 6.69. The number of hydrogen-bond acceptors (Lipinski definition) is 5. The zero-order valence-corrected chi connectivity index (χ0v) is 22.4. The van der Waals surface area contributed by atoms with Gasteiger partial charge >= 0.3 is 0 Å². The number of fused-ring (bicyclic) bond motifs is 1. The second-order valence-corrected chi connectivity index (χ2v) is 9.49. The number of carbonyl (C=O) groups is 1. The van der Waals surface area contributed by atoms with Gasteiger partial charge in [-0.3, -0.25) is 9.48 Å². The molecule has 0 spiro atoms. The molecule has 0 saturated heterocycles. The monoisotopic (exact) mass is 504 g/mol. The fourth-order valence-corrected chi connectivity index (χ4v) is 4.46. The van der Waals surface area contributed by atoms with E-state index < -0.39 is 0 Å². The minimum atomic E-state index is -0.107. The Hall–Kier alpha value is -3.45. The van der Waals surface area contributed by atoms with Crippen LogP contribution in [0.5, 0.6) is 0 Å². The first-order chi connectivity index (χ1) is 17.3. The van der Waals surface area contributed by atoms with Crippen molar-refractivity contribution in [3.05, 3.63) is 70.1 Å². The van der Waals surface area contributed by atoms with Crippen LogP contribution < -0.4 is 5.32 Å². The quantitative estimate of drug-likeness (QED) is 0.272. The summed E-state index contributed by atoms with van der Waals surface area (Å²) in [5.41, 5.74) is 6.62. The first-order valence-corrected chi connectivity index (χ1v) is 12.8. The van der Waals surface area contributed by atoms with Gasteiger partial charge in [0.1, 0.15) is 0 Å². The topological polar surface area (TPSA) is 75.9 Å². The molecule has 0 bridgehead atoms. The van der Waals surface area contributed by atoms with Crippen LogP contribution in [0.25, 0.3) is 22.3 Å². The molecule has 0 aliphatic heterocycles. The first kappa shape index (κ1) is 25.6. The molecule has 188 valence electrons. The summed E-state index contributed by atoms with van der Waals surface area (Å²) in [7, 11) is 1.81. The van der Waals surface area contributed by atoms with Crippen molar-refractivity contribution in [1.29, 1.82) is 0 Å². The van der Waals surface area contributed by atoms with Crippen molar-refractivity contribution in [3.63, 3.8) is 0 Å². The van der Waals surface area contributed by atoms with Crippen LogP contribution in [-0.2, 0) is 13.1 Å². The summed E-state index contributed by atoms with van der Waals surface area (Å²) >= 11 is 6.31. The Morgan fingerprint density at radius 3 is 2.58 bits per heavy atom. The minimum Gasteiger partial charge on any atom is -0.384 e. The highest BCUT2D eigenvalue weighted by Gasteiger charge is 2.20. The van der Waals surface area contributed by atoms with Gasteiger partial charge in [-0.15, -0.1) is 0 Å². The number of rotatable bonds is 9. The van der Waals surface area contributed by atoms with Crippen LogP contribution in [-0.4, -0.2) is 44.1 Å². The molecular weight excluding hydrogens is 472 g/mol. The van der Waals surface area contributed by atoms with Crippen molar-refractivity contribution in [2.45, 2.75) is 53.6 Å². The van der Waals surface area contributed by atoms with Gasteiger partial charge in [0.25, 0.3) is 5.91 Å². The molecule has 1 N–H and O–H groups in total. The SMILES string of the molecule is CCCCNc1ccc(-c2cc(C(=O)N(C)Cc3cnn(CC)c3C)c3cc(Cl)ccc3n2)nc1C. The van der Waals surface area contributed by atoms with Crippen LogP contribution in [0.3, 0.4) is 0 Å². The van der Waals surface area contributed by atoms with E-state index in [4.69, 9.17) is 21.6 Å². The van der Waals surface area contributed by atoms with Crippen molar-refractivity contribution in [3.8, 4) is 11.4 Å². The third kappa shape index (κ3) is 5.36. The number of nitrogens with zero attached hydrogens (tertiary/aromatic N) is 5. The Bertz CT molecular complexity index is 1400. The Labute approximate surface area is 217 Å². The lowest BCUT2D eigenvalue weighted by molar-refractivity contribution is 0.0787. The summed E-state index contributed by atoms with van der Waals surface area (Å²) in [5.74, 6) is -0.107. The number of unbranched alkanes of at least 4 members (excludes halogenated alkanes) is 1. The van der Waals surface area contributed by atoms with Crippen molar-refractivity contribution in [2.75, 3.05) is 18.9 Å². The summed E-state index contributed by atoms with van der Waals surface area (Å²) in [6.45, 7) is 10.4. The highest BCUT2D eigenvalue weighted by Crippen LogP contribution is 2.29. The molecule has 36 heavy (non-hydrogen) atoms. The number of aromatic nitrogens is 4. The molecule has 1 amide bonds. The zero-order valence-electron chi connectivity index (χ0n) is 21.6. The maximum atomic E-state index is 13.7. The van der Waals surface area contributed by atoms with Gasteiger partial charge in [-0.2, -0.15) is 5.10 Å². The van der Waals surface area contributed by atoms with Crippen molar-refractivity contribution in [2.24, 2.45) is 0 Å². The second-order valence-electron chi connectivity index (χ2n) is 9.06. The van der Waals surface area contributed by atoms with Gasteiger partial charge in [0.2, 0.25) is 0 Å². The predicted molar refractivity (Wildman–Crippen MR) is 147 cm³/mol. The van der Waals surface area contributed by atoms with Crippen LogP contribution in [0, 0.1) is 13.8 Å². The molecule has 4 rings (SSSR count). The normalized spacial score (nSPS) is 11.2. The number of pyridine rings is 2. The van der Waals surface area contributed by atoms with Crippen LogP contribution >= 0.6 is 11.6 Å². The van der Waals surface area contributed by atoms with Gasteiger partial charge in [0.05, 0.1) is 40.0 Å². The maximum absolute atomic E-state index is 13.7. The van der Waals surface area contributed by atoms with Gasteiger partial charge < -0.3 is 10.2 Å². The molecule has 3 heterocycles. The van der Waals surface area contributed by atoms with E-state index in [1.807, 2.05) is 49.0 Å². The second kappa shape index (κ2) is 11.1. The highest BCUT2D eigenvalue weighted by molar-refractivity contribution is 6.31. The third-order valence-electron chi connectivity index (χ3n) is 6.45. The van der Waals surface area contributed by atoms with Crippen molar-refractivity contribution in [1.82, 2.24) is 24.6 Å². The molecule has 3 aromatic heterocycles. The van der Waals surface area contributed by atoms with Gasteiger partial charge in [0.15, 0.2) is 0 Å². The van der Waals surface area contributed by atoms with E-state index in [0.717, 1.165) is 59.7 Å². The number of anilines is 1. The standard InChI is InChI=1S/C28H33ClN6O/c1-6-8-13-30-24-11-12-26(32-18(24)3)27-15-23(22-14-21(29)9-10-25(22)33-27)28(36)34(5)17-20-16-31-35(7-2)19(20)4/h9-12,14-16,30H,6-8,13,17H2,1-5H3. The molecule has 0 radical (unpaired) electrons. The van der Waals surface area contributed by atoms with Gasteiger partial charge in [-0.1, -0.05) is 24.9 Å². The summed E-state index contributed by atoms with van der Waals surface area (Å²) in [6, 6.07) is 11.2. The lowest BCUT2D eigenvalue weighted by Crippen LogP contribution is -2.27. The van der Waals surface area contributed by atoms with Gasteiger partial charge in [-0.05, 0) is 63.6 Å². The molecule has 1 aromatic carbocycles. The van der Waals surface area contributed by atoms with Crippen LogP contribution in [0.15, 0.2) is 42.6 Å². The first-order valence-electron chi connectivity index (χ1n) is 12.4. The fourth-order valence-electron chi connectivity index (χ4n) is 4.29. The number of aryl methyl sites for hydroxylation is 2. The molecule has 4 aromatic rings. The molecule has 0 aliphatic rings. The summed E-state index contributed by atoms with van der Waals surface area (Å²) in [6.07, 6.45) is 4.07. The summed E-state index contributed by atoms with van der Waals surface area (Å²) in [4.78, 5) is 25.0. The smallest absolute Gasteiger partial charge is 0.254 e. The molecule has 0 saturated carbocycles. The zero-order chi connectivity index (χ0) is 25.8. The van der Waals surface area contributed by atoms with Crippen LogP contribution in [0.4, 0.5) is 5.69 Å². The van der Waals surface area contributed by atoms with E-state index in [1.54, 1.807) is 24.1 Å². The molecular formula is C28H33ClN6O. The molecule has 0 atom stereocenters. The van der Waals surface area contributed by atoms with E-state index in [9.17, 15) is 4.79 Å². The Morgan fingerprint density at radius 2 is 1.89 bits per heavy atom. The predicted octanol–water partition coefficient (Wildman–Crippen LogP) is 6.27. The Balaban J connectivity index is 1.71. The van der Waals surface area contributed by atoms with E-state index in [0.29, 0.717) is 28.3 Å². The summed E-state index contributed by atoms with van der Waals surface area (Å²) in [5, 5.41) is 9.13. The van der Waals surface area contributed by atoms with E-state index in [2.05, 4.69) is 24.3 Å². The largest absolute Gasteiger partial charge is 0.384 e. The summed E-state index contributed by atoms with van der Waals surface area (Å²) < 4.78 is 1.93. The van der Waals surface area contributed by atoms with Crippen molar-refractivity contribution < 1.29 is 4.79 Å². The number of nitrogens with one attached hydrogen (secondary N) is 1. The highest BCUT2D eigenvalue weighted by atomic mass is 35.5. The molecule has 7 nitrogen and oxygen atoms in total. The Morgan fingerprint density at radius 1 is 1.08 bits per heavy atom. The van der Waals surface area contributed by atoms with E-state index in [1.165, 1.54) is 0 Å². The van der Waals surface area contributed by atoms with Gasteiger partial charge in [-0.25, -0.2) is 9.97 Å². The van der Waals surface area contributed by atoms with Crippen LogP contribution in [0.1, 0.15) is 54.0 Å². The molecule has 8 heteroatoms. The average molecular weight is 505 g/mol. The average Bonchev–Trinajstić information content (AvgIpc) is 3.22. The lowest BCUT2D eigenvalue weighted by Gasteiger charge is -2.19. The number of hydrogen-bond donors (Lipinski definition) is 1. The minimum absolute atomic E-state index is 0.107. The van der Waals surface area contributed by atoms with Crippen molar-refractivity contribution >= 4 is 34.1 Å². The number of benzene rings is 1. The van der Waals surface area contributed by atoms with E-state index in [-0.39, 0.29) is 5.91 Å². The van der Waals surface area contributed by atoms with Crippen LogP contribution in [0.2, 0.25) is 5.02 Å². The maximum Gasteiger partial charge on any atom is 0.254 e. The molecule has 0 aliphatic carbocycles. The fraction of sp³-hybridized carbons (Fsp3) is 0.357. The molecule has 0 fully saturated rings. The number of halogens is 1. The molecule has 0 unspecified atom stereocenters. The number of amides is 1. The van der Waals surface area contributed by atoms with Gasteiger partial charge in [0, 0.05) is 48.3 Å². The van der Waals surface area contributed by atoms with E-state index >= 15 is 0 Å². The lowest BCUT2D eigenvalue weighted by atomic mass is 10.0. The number of carbonyl (C=O) groups excluding carboxylic acids is 1.